The second-order valence-corrected chi connectivity index (χ2v) is 7.26. The van der Waals surface area contributed by atoms with E-state index in [0.717, 1.165) is 44.7 Å². The number of morpholine rings is 1. The number of hydrogen-bond donors (Lipinski definition) is 2. The van der Waals surface area contributed by atoms with E-state index in [4.69, 9.17) is 19.9 Å². The summed E-state index contributed by atoms with van der Waals surface area (Å²) in [5, 5.41) is 3.94. The Morgan fingerprint density at radius 1 is 1.16 bits per heavy atom. The lowest BCUT2D eigenvalue weighted by Crippen LogP contribution is -2.37. The highest BCUT2D eigenvalue weighted by atomic mass is 19.1. The number of fused-ring (bicyclic) bond motifs is 1. The number of anilines is 3. The van der Waals surface area contributed by atoms with E-state index in [-0.39, 0.29) is 5.69 Å². The first-order valence-electron chi connectivity index (χ1n) is 10.2. The molecule has 0 unspecified atom stereocenters. The third kappa shape index (κ3) is 5.12. The molecule has 1 aliphatic heterocycles. The zero-order valence-corrected chi connectivity index (χ0v) is 17.4. The van der Waals surface area contributed by atoms with Crippen LogP contribution in [0.2, 0.25) is 0 Å². The lowest BCUT2D eigenvalue weighted by atomic mass is 10.2. The van der Waals surface area contributed by atoms with E-state index in [1.807, 2.05) is 12.1 Å². The van der Waals surface area contributed by atoms with Crippen molar-refractivity contribution in [3.63, 3.8) is 0 Å². The van der Waals surface area contributed by atoms with Crippen LogP contribution in [-0.4, -0.2) is 61.4 Å². The maximum Gasteiger partial charge on any atom is 0.162 e. The highest BCUT2D eigenvalue weighted by Gasteiger charge is 2.13. The fourth-order valence-corrected chi connectivity index (χ4v) is 3.49. The molecule has 0 radical (unpaired) electrons. The largest absolute Gasteiger partial charge is 0.493 e. The van der Waals surface area contributed by atoms with Crippen LogP contribution in [0, 0.1) is 5.82 Å². The molecule has 8 nitrogen and oxygen atoms in total. The lowest BCUT2D eigenvalue weighted by Gasteiger charge is -2.26. The average molecular weight is 427 g/mol. The molecule has 0 atom stereocenters. The Balaban J connectivity index is 1.51. The van der Waals surface area contributed by atoms with Crippen molar-refractivity contribution >= 4 is 28.1 Å². The molecule has 0 aliphatic carbocycles. The number of benzene rings is 2. The monoisotopic (exact) mass is 427 g/mol. The number of hydrogen-bond acceptors (Lipinski definition) is 8. The smallest absolute Gasteiger partial charge is 0.162 e. The molecular weight excluding hydrogens is 401 g/mol. The zero-order chi connectivity index (χ0) is 21.6. The van der Waals surface area contributed by atoms with Crippen molar-refractivity contribution in [1.82, 2.24) is 14.9 Å². The van der Waals surface area contributed by atoms with Gasteiger partial charge in [-0.2, -0.15) is 0 Å². The Kier molecular flexibility index (Phi) is 6.63. The Morgan fingerprint density at radius 2 is 2.00 bits per heavy atom. The molecule has 1 aromatic heterocycles. The van der Waals surface area contributed by atoms with Crippen LogP contribution in [0.15, 0.2) is 36.7 Å². The predicted octanol–water partition coefficient (Wildman–Crippen LogP) is 3.20. The van der Waals surface area contributed by atoms with Crippen LogP contribution in [0.4, 0.5) is 21.6 Å². The van der Waals surface area contributed by atoms with Gasteiger partial charge in [0.05, 0.1) is 38.1 Å². The first kappa shape index (κ1) is 21.1. The minimum absolute atomic E-state index is 0.0642. The number of aromatic nitrogens is 2. The summed E-state index contributed by atoms with van der Waals surface area (Å²) < 4.78 is 30.4. The van der Waals surface area contributed by atoms with Crippen LogP contribution in [0.25, 0.3) is 10.9 Å². The highest BCUT2D eigenvalue weighted by molar-refractivity contribution is 5.93. The SMILES string of the molecule is COc1cc2ncnc(Nc3ccc(F)c(N)c3)c2cc1OCCCN1CCOCC1. The van der Waals surface area contributed by atoms with Gasteiger partial charge in [0, 0.05) is 36.8 Å². The second-order valence-electron chi connectivity index (χ2n) is 7.26. The molecule has 0 spiro atoms. The maximum absolute atomic E-state index is 13.5. The van der Waals surface area contributed by atoms with E-state index in [1.165, 1.54) is 18.5 Å². The molecule has 1 saturated heterocycles. The molecule has 0 amide bonds. The quantitative estimate of drug-likeness (QED) is 0.418. The summed E-state index contributed by atoms with van der Waals surface area (Å²) in [5.41, 5.74) is 7.07. The number of nitrogens with zero attached hydrogens (tertiary/aromatic N) is 3. The third-order valence-corrected chi connectivity index (χ3v) is 5.16. The molecule has 4 rings (SSSR count). The summed E-state index contributed by atoms with van der Waals surface area (Å²) in [4.78, 5) is 11.0. The zero-order valence-electron chi connectivity index (χ0n) is 17.4. The first-order chi connectivity index (χ1) is 15.1. The van der Waals surface area contributed by atoms with E-state index < -0.39 is 5.82 Å². The van der Waals surface area contributed by atoms with Gasteiger partial charge in [-0.15, -0.1) is 0 Å². The molecule has 31 heavy (non-hydrogen) atoms. The molecule has 3 N–H and O–H groups in total. The van der Waals surface area contributed by atoms with Crippen molar-refractivity contribution in [3.05, 3.63) is 42.5 Å². The van der Waals surface area contributed by atoms with Crippen LogP contribution < -0.4 is 20.5 Å². The Bertz CT molecular complexity index is 1040. The number of nitrogens with two attached hydrogens (primary N) is 1. The van der Waals surface area contributed by atoms with Crippen molar-refractivity contribution in [3.8, 4) is 11.5 Å². The molecule has 9 heteroatoms. The van der Waals surface area contributed by atoms with E-state index in [2.05, 4.69) is 20.2 Å². The number of halogens is 1. The van der Waals surface area contributed by atoms with E-state index in [9.17, 15) is 4.39 Å². The molecule has 0 saturated carbocycles. The van der Waals surface area contributed by atoms with Gasteiger partial charge in [-0.05, 0) is 30.7 Å². The second kappa shape index (κ2) is 9.76. The standard InChI is InChI=1S/C22H26FN5O3/c1-29-20-13-19-16(12-21(20)31-8-2-5-28-6-9-30-10-7-28)22(26-14-25-19)27-15-3-4-17(23)18(24)11-15/h3-4,11-14H,2,5-10,24H2,1H3,(H,25,26,27). The van der Waals surface area contributed by atoms with Crippen molar-refractivity contribution in [2.75, 3.05) is 57.6 Å². The first-order valence-corrected chi connectivity index (χ1v) is 10.2. The number of rotatable bonds is 8. The average Bonchev–Trinajstić information content (AvgIpc) is 2.79. The summed E-state index contributed by atoms with van der Waals surface area (Å²) in [6.45, 7) is 5.01. The maximum atomic E-state index is 13.5. The highest BCUT2D eigenvalue weighted by Crippen LogP contribution is 2.35. The Morgan fingerprint density at radius 3 is 2.77 bits per heavy atom. The third-order valence-electron chi connectivity index (χ3n) is 5.16. The Labute approximate surface area is 180 Å². The number of methoxy groups -OCH3 is 1. The fourth-order valence-electron chi connectivity index (χ4n) is 3.49. The van der Waals surface area contributed by atoms with Crippen LogP contribution in [0.3, 0.4) is 0 Å². The van der Waals surface area contributed by atoms with Gasteiger partial charge in [-0.3, -0.25) is 4.90 Å². The van der Waals surface area contributed by atoms with Crippen molar-refractivity contribution < 1.29 is 18.6 Å². The van der Waals surface area contributed by atoms with Crippen LogP contribution in [0.5, 0.6) is 11.5 Å². The Hall–Kier alpha value is -3.17. The van der Waals surface area contributed by atoms with Gasteiger partial charge in [-0.25, -0.2) is 14.4 Å². The van der Waals surface area contributed by atoms with Crippen molar-refractivity contribution in [2.24, 2.45) is 0 Å². The summed E-state index contributed by atoms with van der Waals surface area (Å²) >= 11 is 0. The topological polar surface area (TPSA) is 94.8 Å². The predicted molar refractivity (Wildman–Crippen MR) is 118 cm³/mol. The van der Waals surface area contributed by atoms with E-state index in [1.54, 1.807) is 13.2 Å². The molecule has 1 aliphatic rings. The van der Waals surface area contributed by atoms with Crippen LogP contribution >= 0.6 is 0 Å². The number of nitrogens with one attached hydrogen (secondary N) is 1. The minimum Gasteiger partial charge on any atom is -0.493 e. The van der Waals surface area contributed by atoms with E-state index >= 15 is 0 Å². The molecule has 164 valence electrons. The summed E-state index contributed by atoms with van der Waals surface area (Å²) in [5.74, 6) is 1.33. The van der Waals surface area contributed by atoms with Gasteiger partial charge in [-0.1, -0.05) is 0 Å². The summed E-state index contributed by atoms with van der Waals surface area (Å²) in [6.07, 6.45) is 2.35. The molecular formula is C22H26FN5O3. The number of ether oxygens (including phenoxy) is 3. The van der Waals surface area contributed by atoms with Gasteiger partial charge in [0.2, 0.25) is 0 Å². The van der Waals surface area contributed by atoms with Gasteiger partial charge in [0.25, 0.3) is 0 Å². The van der Waals surface area contributed by atoms with Crippen LogP contribution in [-0.2, 0) is 4.74 Å². The van der Waals surface area contributed by atoms with Crippen LogP contribution in [0.1, 0.15) is 6.42 Å². The van der Waals surface area contributed by atoms with Gasteiger partial charge < -0.3 is 25.3 Å². The summed E-state index contributed by atoms with van der Waals surface area (Å²) in [6, 6.07) is 8.12. The fraction of sp³-hybridized carbons (Fsp3) is 0.364. The molecule has 0 bridgehead atoms. The lowest BCUT2D eigenvalue weighted by molar-refractivity contribution is 0.0357. The number of nitrogen functional groups attached to an aromatic ring is 1. The van der Waals surface area contributed by atoms with Crippen molar-refractivity contribution in [1.29, 1.82) is 0 Å². The minimum atomic E-state index is -0.462. The van der Waals surface area contributed by atoms with Gasteiger partial charge in [0.15, 0.2) is 11.5 Å². The molecule has 3 aromatic rings. The summed E-state index contributed by atoms with van der Waals surface area (Å²) in [7, 11) is 1.60. The molecule has 2 heterocycles. The van der Waals surface area contributed by atoms with Crippen molar-refractivity contribution in [2.45, 2.75) is 6.42 Å². The van der Waals surface area contributed by atoms with Gasteiger partial charge in [0.1, 0.15) is 18.0 Å². The molecule has 1 fully saturated rings. The normalized spacial score (nSPS) is 14.5. The van der Waals surface area contributed by atoms with Gasteiger partial charge >= 0.3 is 0 Å². The van der Waals surface area contributed by atoms with E-state index in [0.29, 0.717) is 35.1 Å². The molecule has 2 aromatic carbocycles.